The fraction of sp³-hybridized carbons (Fsp3) is 0.700. The molecule has 1 aromatic heterocycles. The number of rotatable bonds is 5. The van der Waals surface area contributed by atoms with Crippen LogP contribution in [0.1, 0.15) is 44.7 Å². The van der Waals surface area contributed by atoms with E-state index in [0.717, 1.165) is 37.9 Å². The van der Waals surface area contributed by atoms with Crippen molar-refractivity contribution in [3.05, 3.63) is 30.4 Å². The summed E-state index contributed by atoms with van der Waals surface area (Å²) in [6.07, 6.45) is 10.3. The highest BCUT2D eigenvalue weighted by atomic mass is 16.6. The minimum atomic E-state index is -0.00829. The molecule has 0 radical (unpaired) electrons. The lowest BCUT2D eigenvalue weighted by molar-refractivity contribution is -0.146. The standard InChI is InChI=1S/C20H29N3O2/c1-13-4-3-6-20(2)9-18-15(8-17(13)20)16(19(24)25-18)11-21-7-5-14-10-22-12-23-14/h10,12,15-18,21H,1,3-9,11H2,2H3,(H,22,23)/t15-,16+,17+,18-,20-/m1/s1. The average Bonchev–Trinajstić information content (AvgIpc) is 3.17. The molecule has 2 aliphatic carbocycles. The van der Waals surface area contributed by atoms with Crippen molar-refractivity contribution in [3.63, 3.8) is 0 Å². The number of ether oxygens (including phenoxy) is 1. The average molecular weight is 343 g/mol. The topological polar surface area (TPSA) is 67.0 Å². The third-order valence-electron chi connectivity index (χ3n) is 6.81. The Labute approximate surface area is 149 Å². The van der Waals surface area contributed by atoms with E-state index in [1.54, 1.807) is 6.33 Å². The van der Waals surface area contributed by atoms with Crippen molar-refractivity contribution in [1.82, 2.24) is 15.3 Å². The molecule has 136 valence electrons. The number of nitrogens with one attached hydrogen (secondary N) is 2. The molecule has 3 aliphatic rings. The summed E-state index contributed by atoms with van der Waals surface area (Å²) in [6, 6.07) is 0. The zero-order valence-corrected chi connectivity index (χ0v) is 15.1. The van der Waals surface area contributed by atoms with E-state index in [1.807, 2.05) is 6.20 Å². The molecule has 2 saturated carbocycles. The molecule has 1 saturated heterocycles. The Morgan fingerprint density at radius 2 is 2.40 bits per heavy atom. The summed E-state index contributed by atoms with van der Waals surface area (Å²) < 4.78 is 5.81. The summed E-state index contributed by atoms with van der Waals surface area (Å²) in [6.45, 7) is 8.29. The maximum atomic E-state index is 12.5. The minimum absolute atomic E-state index is 0.00287. The van der Waals surface area contributed by atoms with Crippen LogP contribution >= 0.6 is 0 Å². The van der Waals surface area contributed by atoms with Crippen LogP contribution < -0.4 is 5.32 Å². The molecule has 2 N–H and O–H groups in total. The van der Waals surface area contributed by atoms with Crippen LogP contribution in [0, 0.1) is 23.2 Å². The lowest BCUT2D eigenvalue weighted by Gasteiger charge is -2.50. The second-order valence-electron chi connectivity index (χ2n) is 8.43. The highest BCUT2D eigenvalue weighted by Crippen LogP contribution is 2.56. The third kappa shape index (κ3) is 3.14. The zero-order chi connectivity index (χ0) is 17.4. The first kappa shape index (κ1) is 16.8. The number of aromatic amines is 1. The van der Waals surface area contributed by atoms with E-state index in [2.05, 4.69) is 28.8 Å². The Bertz CT molecular complexity index is 641. The van der Waals surface area contributed by atoms with Crippen molar-refractivity contribution in [2.45, 2.75) is 51.6 Å². The van der Waals surface area contributed by atoms with Crippen molar-refractivity contribution in [1.29, 1.82) is 0 Å². The van der Waals surface area contributed by atoms with Gasteiger partial charge in [-0.25, -0.2) is 4.98 Å². The number of esters is 1. The number of fused-ring (bicyclic) bond motifs is 2. The van der Waals surface area contributed by atoms with Crippen LogP contribution in [-0.2, 0) is 16.0 Å². The first-order chi connectivity index (χ1) is 12.1. The summed E-state index contributed by atoms with van der Waals surface area (Å²) >= 11 is 0. The lowest BCUT2D eigenvalue weighted by Crippen LogP contribution is -2.45. The monoisotopic (exact) mass is 343 g/mol. The van der Waals surface area contributed by atoms with E-state index in [9.17, 15) is 4.79 Å². The maximum absolute atomic E-state index is 12.5. The highest BCUT2D eigenvalue weighted by molar-refractivity contribution is 5.75. The maximum Gasteiger partial charge on any atom is 0.310 e. The van der Waals surface area contributed by atoms with Crippen LogP contribution in [0.25, 0.3) is 0 Å². The van der Waals surface area contributed by atoms with Crippen LogP contribution in [0.4, 0.5) is 0 Å². The molecule has 0 unspecified atom stereocenters. The molecule has 0 aromatic carbocycles. The van der Waals surface area contributed by atoms with Crippen molar-refractivity contribution in [3.8, 4) is 0 Å². The molecule has 0 bridgehead atoms. The number of hydrogen-bond donors (Lipinski definition) is 2. The molecule has 1 aromatic rings. The van der Waals surface area contributed by atoms with E-state index in [1.165, 1.54) is 18.4 Å². The second-order valence-corrected chi connectivity index (χ2v) is 8.43. The molecule has 5 nitrogen and oxygen atoms in total. The summed E-state index contributed by atoms with van der Waals surface area (Å²) in [4.78, 5) is 19.6. The number of imidazole rings is 1. The van der Waals surface area contributed by atoms with E-state index in [4.69, 9.17) is 4.74 Å². The van der Waals surface area contributed by atoms with E-state index in [-0.39, 0.29) is 23.4 Å². The van der Waals surface area contributed by atoms with Gasteiger partial charge in [0.05, 0.1) is 12.2 Å². The molecule has 0 spiro atoms. The molecule has 2 heterocycles. The Morgan fingerprint density at radius 1 is 1.52 bits per heavy atom. The lowest BCUT2D eigenvalue weighted by atomic mass is 9.55. The quantitative estimate of drug-likeness (QED) is 0.490. The number of carbonyl (C=O) groups is 1. The first-order valence-electron chi connectivity index (χ1n) is 9.63. The molecule has 1 aliphatic heterocycles. The number of aromatic nitrogens is 2. The summed E-state index contributed by atoms with van der Waals surface area (Å²) in [5.74, 6) is 0.896. The Hall–Kier alpha value is -1.62. The van der Waals surface area contributed by atoms with Gasteiger partial charge in [-0.1, -0.05) is 19.1 Å². The van der Waals surface area contributed by atoms with Crippen LogP contribution in [0.5, 0.6) is 0 Å². The molecule has 4 rings (SSSR count). The van der Waals surface area contributed by atoms with Gasteiger partial charge < -0.3 is 15.0 Å². The number of H-pyrrole nitrogens is 1. The molecular formula is C20H29N3O2. The Kier molecular flexibility index (Phi) is 4.44. The van der Waals surface area contributed by atoms with Crippen LogP contribution in [0.2, 0.25) is 0 Å². The summed E-state index contributed by atoms with van der Waals surface area (Å²) in [7, 11) is 0. The van der Waals surface area contributed by atoms with Gasteiger partial charge in [-0.15, -0.1) is 0 Å². The molecule has 5 atom stereocenters. The molecule has 25 heavy (non-hydrogen) atoms. The van der Waals surface area contributed by atoms with E-state index >= 15 is 0 Å². The Balaban J connectivity index is 1.37. The van der Waals surface area contributed by atoms with Gasteiger partial charge in [-0.2, -0.15) is 0 Å². The van der Waals surface area contributed by atoms with Crippen LogP contribution in [0.3, 0.4) is 0 Å². The second kappa shape index (κ2) is 6.60. The number of nitrogens with zero attached hydrogens (tertiary/aromatic N) is 1. The molecule has 5 heteroatoms. The van der Waals surface area contributed by atoms with Crippen molar-refractivity contribution < 1.29 is 9.53 Å². The zero-order valence-electron chi connectivity index (χ0n) is 15.1. The van der Waals surface area contributed by atoms with Crippen molar-refractivity contribution in [2.75, 3.05) is 13.1 Å². The van der Waals surface area contributed by atoms with E-state index in [0.29, 0.717) is 18.4 Å². The smallest absolute Gasteiger partial charge is 0.310 e. The van der Waals surface area contributed by atoms with Gasteiger partial charge in [0.2, 0.25) is 0 Å². The largest absolute Gasteiger partial charge is 0.462 e. The molecule has 0 amide bonds. The number of allylic oxidation sites excluding steroid dienone is 1. The van der Waals surface area contributed by atoms with Gasteiger partial charge >= 0.3 is 5.97 Å². The van der Waals surface area contributed by atoms with Crippen LogP contribution in [0.15, 0.2) is 24.7 Å². The van der Waals surface area contributed by atoms with Crippen LogP contribution in [-0.4, -0.2) is 35.1 Å². The molecular weight excluding hydrogens is 314 g/mol. The predicted octanol–water partition coefficient (Wildman–Crippen LogP) is 2.86. The summed E-state index contributed by atoms with van der Waals surface area (Å²) in [5.41, 5.74) is 2.79. The third-order valence-corrected chi connectivity index (χ3v) is 6.81. The van der Waals surface area contributed by atoms with Gasteiger partial charge in [0.1, 0.15) is 6.10 Å². The van der Waals surface area contributed by atoms with Crippen molar-refractivity contribution in [2.24, 2.45) is 23.2 Å². The molecule has 3 fully saturated rings. The fourth-order valence-corrected chi connectivity index (χ4v) is 5.39. The SMILES string of the molecule is C=C1CCC[C@]2(C)C[C@H]3OC(=O)[C@@H](CNCCc4cnc[nH]4)[C@H]3C[C@@H]12. The van der Waals surface area contributed by atoms with Gasteiger partial charge in [0, 0.05) is 37.3 Å². The van der Waals surface area contributed by atoms with Gasteiger partial charge in [0.15, 0.2) is 0 Å². The fourth-order valence-electron chi connectivity index (χ4n) is 5.39. The van der Waals surface area contributed by atoms with E-state index < -0.39 is 0 Å². The predicted molar refractivity (Wildman–Crippen MR) is 95.8 cm³/mol. The highest BCUT2D eigenvalue weighted by Gasteiger charge is 2.54. The van der Waals surface area contributed by atoms with Crippen molar-refractivity contribution >= 4 is 5.97 Å². The normalized spacial score (nSPS) is 37.5. The Morgan fingerprint density at radius 3 is 3.20 bits per heavy atom. The van der Waals surface area contributed by atoms with Gasteiger partial charge in [-0.05, 0) is 43.4 Å². The number of hydrogen-bond acceptors (Lipinski definition) is 4. The summed E-state index contributed by atoms with van der Waals surface area (Å²) in [5, 5.41) is 3.45. The minimum Gasteiger partial charge on any atom is -0.462 e. The van der Waals surface area contributed by atoms with Gasteiger partial charge in [-0.3, -0.25) is 4.79 Å². The first-order valence-corrected chi connectivity index (χ1v) is 9.63. The van der Waals surface area contributed by atoms with Gasteiger partial charge in [0.25, 0.3) is 0 Å². The number of carbonyl (C=O) groups excluding carboxylic acids is 1.